The summed E-state index contributed by atoms with van der Waals surface area (Å²) in [5.74, 6) is 2.54. The minimum atomic E-state index is -0.669. The second-order valence-electron chi connectivity index (χ2n) is 15.1. The van der Waals surface area contributed by atoms with Crippen molar-refractivity contribution in [2.75, 3.05) is 5.32 Å². The van der Waals surface area contributed by atoms with Crippen LogP contribution in [0, 0.1) is 35.0 Å². The number of ketones is 1. The molecule has 3 aromatic rings. The van der Waals surface area contributed by atoms with Gasteiger partial charge in [0.25, 0.3) is 5.91 Å². The second kappa shape index (κ2) is 8.74. The van der Waals surface area contributed by atoms with E-state index in [0.717, 1.165) is 81.0 Å². The number of imidazole rings is 1. The lowest BCUT2D eigenvalue weighted by molar-refractivity contribution is -0.174. The van der Waals surface area contributed by atoms with Crippen molar-refractivity contribution in [1.82, 2.24) is 20.3 Å². The van der Waals surface area contributed by atoms with E-state index in [0.29, 0.717) is 47.0 Å². The Hall–Kier alpha value is -3.59. The molecule has 8 atom stereocenters. The predicted octanol–water partition coefficient (Wildman–Crippen LogP) is 4.77. The van der Waals surface area contributed by atoms with Crippen molar-refractivity contribution in [3.05, 3.63) is 42.2 Å². The molecule has 8 aliphatic carbocycles. The number of H-pyrrole nitrogens is 1. The molecule has 0 aliphatic heterocycles. The Kier molecular flexibility index (Phi) is 5.26. The SMILES string of the molecule is O=C(NC12CC3C[C@H](C1)C(=O)[C@@H](C3)C2)c1cc2nc(-c3ccc(NC(=O)C45C[C@@H]6C[C@@H](CC(O)(C6)C4)C5)cc3)[nH]c2cn1. The van der Waals surface area contributed by atoms with Crippen LogP contribution in [-0.2, 0) is 9.59 Å². The molecule has 8 fully saturated rings. The van der Waals surface area contributed by atoms with E-state index in [1.165, 1.54) is 0 Å². The summed E-state index contributed by atoms with van der Waals surface area (Å²) in [6, 6.07) is 9.36. The number of rotatable bonds is 5. The lowest BCUT2D eigenvalue weighted by atomic mass is 9.47. The number of aromatic amines is 1. The molecular weight excluding hydrogens is 542 g/mol. The summed E-state index contributed by atoms with van der Waals surface area (Å²) in [4.78, 5) is 51.9. The van der Waals surface area contributed by atoms with Crippen LogP contribution in [0.2, 0.25) is 0 Å². The van der Waals surface area contributed by atoms with Gasteiger partial charge in [0.15, 0.2) is 0 Å². The van der Waals surface area contributed by atoms with Gasteiger partial charge in [-0.05, 0) is 119 Å². The number of hydrogen-bond donors (Lipinski definition) is 4. The molecule has 2 amide bonds. The first-order valence-electron chi connectivity index (χ1n) is 16.0. The molecule has 4 N–H and O–H groups in total. The standard InChI is InChI=1S/C34H37N5O4/c40-28-22-6-18-7-23(28)15-33(11-18,14-22)39-30(41)26-8-25-27(16-35-26)38-29(37-25)21-1-3-24(4-2-21)36-31(42)32-9-19-5-20(10-32)13-34(43,12-19)17-32/h1-4,8,16,18-20,22-23,43H,5-7,9-15,17H2,(H,36,42)(H,37,38)(H,39,41)/t18?,19-,20+,22-,23+,32?,33?,34?. The third-order valence-electron chi connectivity index (χ3n) is 11.9. The molecule has 11 rings (SSSR count). The Bertz CT molecular complexity index is 1660. The minimum absolute atomic E-state index is 0.0357. The van der Waals surface area contributed by atoms with E-state index in [9.17, 15) is 19.5 Å². The van der Waals surface area contributed by atoms with Crippen molar-refractivity contribution >= 4 is 34.3 Å². The fraction of sp³-hybridized carbons (Fsp3) is 0.559. The van der Waals surface area contributed by atoms with Gasteiger partial charge in [-0.2, -0.15) is 0 Å². The van der Waals surface area contributed by atoms with Gasteiger partial charge in [-0.25, -0.2) is 9.97 Å². The molecule has 8 aliphatic rings. The Morgan fingerprint density at radius 2 is 1.63 bits per heavy atom. The van der Waals surface area contributed by atoms with Gasteiger partial charge in [0.2, 0.25) is 5.91 Å². The number of pyridine rings is 1. The number of aromatic nitrogens is 3. The van der Waals surface area contributed by atoms with E-state index >= 15 is 0 Å². The number of benzene rings is 1. The van der Waals surface area contributed by atoms with Crippen LogP contribution in [-0.4, -0.2) is 48.8 Å². The summed E-state index contributed by atoms with van der Waals surface area (Å²) in [5.41, 5.74) is 1.91. The minimum Gasteiger partial charge on any atom is -0.390 e. The molecular formula is C34H37N5O4. The molecule has 0 spiro atoms. The number of nitrogens with one attached hydrogen (secondary N) is 3. The van der Waals surface area contributed by atoms with Gasteiger partial charge in [-0.15, -0.1) is 0 Å². The van der Waals surface area contributed by atoms with E-state index < -0.39 is 11.0 Å². The number of hydrogen-bond acceptors (Lipinski definition) is 6. The summed E-state index contributed by atoms with van der Waals surface area (Å²) in [7, 11) is 0. The molecule has 0 radical (unpaired) electrons. The molecule has 1 aromatic carbocycles. The van der Waals surface area contributed by atoms with Crippen molar-refractivity contribution in [2.45, 2.75) is 81.8 Å². The normalized spacial score (nSPS) is 38.5. The van der Waals surface area contributed by atoms with Crippen LogP contribution in [0.15, 0.2) is 36.5 Å². The number of anilines is 1. The summed E-state index contributed by atoms with van der Waals surface area (Å²) in [6.07, 6.45) is 11.2. The van der Waals surface area contributed by atoms with Crippen molar-refractivity contribution in [3.63, 3.8) is 0 Å². The molecule has 2 aromatic heterocycles. The molecule has 0 saturated heterocycles. The molecule has 9 heteroatoms. The van der Waals surface area contributed by atoms with Crippen LogP contribution in [0.3, 0.4) is 0 Å². The first-order chi connectivity index (χ1) is 20.7. The average molecular weight is 580 g/mol. The Morgan fingerprint density at radius 3 is 2.33 bits per heavy atom. The van der Waals surface area contributed by atoms with Gasteiger partial charge < -0.3 is 20.7 Å². The van der Waals surface area contributed by atoms with E-state index in [1.54, 1.807) is 12.3 Å². The Morgan fingerprint density at radius 1 is 0.907 bits per heavy atom. The van der Waals surface area contributed by atoms with E-state index in [-0.39, 0.29) is 29.2 Å². The second-order valence-corrected chi connectivity index (χ2v) is 15.1. The number of fused-ring (bicyclic) bond motifs is 1. The number of amides is 2. The third kappa shape index (κ3) is 4.10. The van der Waals surface area contributed by atoms with E-state index in [2.05, 4.69) is 20.6 Å². The Balaban J connectivity index is 0.899. The third-order valence-corrected chi connectivity index (χ3v) is 11.9. The molecule has 8 bridgehead atoms. The number of carbonyl (C=O) groups is 3. The molecule has 4 unspecified atom stereocenters. The van der Waals surface area contributed by atoms with Gasteiger partial charge in [0.05, 0.1) is 28.2 Å². The highest BCUT2D eigenvalue weighted by atomic mass is 16.3. The van der Waals surface area contributed by atoms with Crippen molar-refractivity contribution in [3.8, 4) is 11.4 Å². The zero-order valence-corrected chi connectivity index (χ0v) is 24.2. The molecule has 2 heterocycles. The lowest BCUT2D eigenvalue weighted by Gasteiger charge is -2.59. The van der Waals surface area contributed by atoms with Crippen molar-refractivity contribution < 1.29 is 19.5 Å². The maximum Gasteiger partial charge on any atom is 0.270 e. The van der Waals surface area contributed by atoms with E-state index in [1.807, 2.05) is 24.3 Å². The summed E-state index contributed by atoms with van der Waals surface area (Å²) in [5, 5.41) is 17.5. The molecule has 9 nitrogen and oxygen atoms in total. The van der Waals surface area contributed by atoms with Crippen LogP contribution in [0.5, 0.6) is 0 Å². The smallest absolute Gasteiger partial charge is 0.270 e. The predicted molar refractivity (Wildman–Crippen MR) is 159 cm³/mol. The van der Waals surface area contributed by atoms with Gasteiger partial charge in [-0.1, -0.05) is 0 Å². The highest BCUT2D eigenvalue weighted by Gasteiger charge is 2.60. The largest absolute Gasteiger partial charge is 0.390 e. The zero-order chi connectivity index (χ0) is 29.1. The summed E-state index contributed by atoms with van der Waals surface area (Å²) in [6.45, 7) is 0. The first kappa shape index (κ1) is 25.9. The lowest BCUT2D eigenvalue weighted by Crippen LogP contribution is -2.62. The number of aliphatic hydroxyl groups is 1. The molecule has 43 heavy (non-hydrogen) atoms. The maximum atomic E-state index is 13.5. The van der Waals surface area contributed by atoms with Gasteiger partial charge in [0.1, 0.15) is 17.3 Å². The van der Waals surface area contributed by atoms with Crippen LogP contribution in [0.25, 0.3) is 22.4 Å². The quantitative estimate of drug-likeness (QED) is 0.344. The first-order valence-corrected chi connectivity index (χ1v) is 16.0. The number of carbonyl (C=O) groups excluding carboxylic acids is 3. The van der Waals surface area contributed by atoms with Crippen LogP contribution in [0.4, 0.5) is 5.69 Å². The fourth-order valence-electron chi connectivity index (χ4n) is 10.8. The average Bonchev–Trinajstić information content (AvgIpc) is 3.38. The summed E-state index contributed by atoms with van der Waals surface area (Å²) < 4.78 is 0. The van der Waals surface area contributed by atoms with Gasteiger partial charge in [0, 0.05) is 28.6 Å². The highest BCUT2D eigenvalue weighted by molar-refractivity contribution is 5.97. The fourth-order valence-corrected chi connectivity index (χ4v) is 10.8. The number of Topliss-reactive ketones (excluding diaryl/α,β-unsaturated/α-hetero) is 1. The van der Waals surface area contributed by atoms with Gasteiger partial charge >= 0.3 is 0 Å². The topological polar surface area (TPSA) is 137 Å². The number of nitrogens with zero attached hydrogens (tertiary/aromatic N) is 2. The van der Waals surface area contributed by atoms with Gasteiger partial charge in [-0.3, -0.25) is 14.4 Å². The van der Waals surface area contributed by atoms with Crippen molar-refractivity contribution in [2.24, 2.45) is 35.0 Å². The molecule has 222 valence electrons. The zero-order valence-electron chi connectivity index (χ0n) is 24.2. The van der Waals surface area contributed by atoms with Crippen molar-refractivity contribution in [1.29, 1.82) is 0 Å². The van der Waals surface area contributed by atoms with Crippen LogP contribution < -0.4 is 10.6 Å². The maximum absolute atomic E-state index is 13.5. The van der Waals surface area contributed by atoms with Crippen LogP contribution in [0.1, 0.15) is 81.1 Å². The summed E-state index contributed by atoms with van der Waals surface area (Å²) >= 11 is 0. The molecule has 8 saturated carbocycles. The Labute approximate surface area is 249 Å². The van der Waals surface area contributed by atoms with Crippen LogP contribution >= 0.6 is 0 Å². The van der Waals surface area contributed by atoms with E-state index in [4.69, 9.17) is 4.98 Å². The monoisotopic (exact) mass is 579 g/mol. The highest BCUT2D eigenvalue weighted by Crippen LogP contribution is 2.62.